The van der Waals surface area contributed by atoms with Gasteiger partial charge in [0.2, 0.25) is 0 Å². The van der Waals surface area contributed by atoms with Gasteiger partial charge in [0, 0.05) is 47.6 Å². The zero-order valence-corrected chi connectivity index (χ0v) is 19.3. The molecular weight excluding hydrogens is 436 g/mol. The SMILES string of the molecule is Cc1ccc2c(-c3ccc(F)cc3F)nc([C@H]3CCO[C@H](C)C3)nc2n1.c1cnn(C2CC2)c1. The predicted octanol–water partition coefficient (Wildman–Crippen LogP) is 5.78. The minimum absolute atomic E-state index is 0.129. The molecule has 0 bridgehead atoms. The van der Waals surface area contributed by atoms with Crippen molar-refractivity contribution in [2.24, 2.45) is 0 Å². The molecule has 0 spiro atoms. The van der Waals surface area contributed by atoms with Crippen LogP contribution in [0.4, 0.5) is 8.78 Å². The van der Waals surface area contributed by atoms with Gasteiger partial charge < -0.3 is 4.74 Å². The highest BCUT2D eigenvalue weighted by Crippen LogP contribution is 2.34. The number of fused-ring (bicyclic) bond motifs is 1. The minimum Gasteiger partial charge on any atom is -0.378 e. The molecule has 2 fully saturated rings. The van der Waals surface area contributed by atoms with Crippen LogP contribution in [0.1, 0.15) is 56.1 Å². The lowest BCUT2D eigenvalue weighted by Crippen LogP contribution is -2.23. The van der Waals surface area contributed by atoms with Crippen LogP contribution in [0.5, 0.6) is 0 Å². The highest BCUT2D eigenvalue weighted by atomic mass is 19.1. The number of nitrogens with zero attached hydrogens (tertiary/aromatic N) is 5. The van der Waals surface area contributed by atoms with Crippen LogP contribution < -0.4 is 0 Å². The largest absolute Gasteiger partial charge is 0.378 e. The number of aromatic nitrogens is 5. The van der Waals surface area contributed by atoms with Gasteiger partial charge in [0.15, 0.2) is 5.65 Å². The number of hydrogen-bond acceptors (Lipinski definition) is 5. The second-order valence-electron chi connectivity index (χ2n) is 9.00. The molecule has 0 N–H and O–H groups in total. The molecule has 3 aromatic heterocycles. The molecule has 1 saturated heterocycles. The normalized spacial score (nSPS) is 20.1. The third-order valence-electron chi connectivity index (χ3n) is 6.20. The molecule has 176 valence electrons. The van der Waals surface area contributed by atoms with Crippen molar-refractivity contribution in [3.8, 4) is 11.3 Å². The van der Waals surface area contributed by atoms with Gasteiger partial charge in [0.25, 0.3) is 0 Å². The van der Waals surface area contributed by atoms with Crippen LogP contribution in [0, 0.1) is 18.6 Å². The molecule has 0 amide bonds. The van der Waals surface area contributed by atoms with E-state index in [1.54, 1.807) is 0 Å². The van der Waals surface area contributed by atoms with Crippen LogP contribution in [0.15, 0.2) is 48.8 Å². The van der Waals surface area contributed by atoms with Gasteiger partial charge in [-0.25, -0.2) is 23.7 Å². The van der Waals surface area contributed by atoms with Crippen LogP contribution in [-0.4, -0.2) is 37.4 Å². The van der Waals surface area contributed by atoms with Gasteiger partial charge in [-0.1, -0.05) is 0 Å². The van der Waals surface area contributed by atoms with Crippen molar-refractivity contribution in [2.75, 3.05) is 6.61 Å². The Balaban J connectivity index is 0.000000252. The van der Waals surface area contributed by atoms with E-state index in [0.29, 0.717) is 29.2 Å². The molecular formula is C26H27F2N5O. The number of hydrogen-bond donors (Lipinski definition) is 0. The van der Waals surface area contributed by atoms with Gasteiger partial charge in [-0.3, -0.25) is 4.68 Å². The summed E-state index contributed by atoms with van der Waals surface area (Å²) in [4.78, 5) is 13.8. The molecule has 8 heteroatoms. The Labute approximate surface area is 197 Å². The Morgan fingerprint density at radius 2 is 1.88 bits per heavy atom. The Morgan fingerprint density at radius 1 is 1.03 bits per heavy atom. The number of pyridine rings is 1. The first-order chi connectivity index (χ1) is 16.5. The summed E-state index contributed by atoms with van der Waals surface area (Å²) in [5, 5.41) is 4.75. The van der Waals surface area contributed by atoms with Crippen LogP contribution in [0.3, 0.4) is 0 Å². The fraction of sp³-hybridized carbons (Fsp3) is 0.385. The van der Waals surface area contributed by atoms with E-state index in [9.17, 15) is 8.78 Å². The van der Waals surface area contributed by atoms with Gasteiger partial charge in [0.05, 0.1) is 17.8 Å². The summed E-state index contributed by atoms with van der Waals surface area (Å²) >= 11 is 0. The van der Waals surface area contributed by atoms with E-state index in [0.717, 1.165) is 30.6 Å². The summed E-state index contributed by atoms with van der Waals surface area (Å²) in [6, 6.07) is 9.93. The van der Waals surface area contributed by atoms with Gasteiger partial charge >= 0.3 is 0 Å². The maximum atomic E-state index is 14.4. The van der Waals surface area contributed by atoms with Crippen molar-refractivity contribution in [2.45, 2.75) is 57.6 Å². The predicted molar refractivity (Wildman–Crippen MR) is 125 cm³/mol. The van der Waals surface area contributed by atoms with E-state index in [2.05, 4.69) is 20.1 Å². The first kappa shape index (κ1) is 22.5. The first-order valence-electron chi connectivity index (χ1n) is 11.7. The molecule has 4 heterocycles. The highest BCUT2D eigenvalue weighted by molar-refractivity contribution is 5.90. The standard InChI is InChI=1S/C20H19F2N3O.C6H8N2/c1-11-3-5-16-18(15-6-4-14(21)10-17(15)22)24-19(25-20(16)23-11)13-7-8-26-12(2)9-13;1-4-7-8(5-1)6-2-3-6/h3-6,10,12-13H,7-9H2,1-2H3;1,4-6H,2-3H2/t12-,13+;/m1./s1. The highest BCUT2D eigenvalue weighted by Gasteiger charge is 2.25. The molecule has 34 heavy (non-hydrogen) atoms. The Bertz CT molecular complexity index is 1290. The summed E-state index contributed by atoms with van der Waals surface area (Å²) in [7, 11) is 0. The smallest absolute Gasteiger partial charge is 0.163 e. The first-order valence-corrected chi connectivity index (χ1v) is 11.7. The van der Waals surface area contributed by atoms with Crippen molar-refractivity contribution in [1.82, 2.24) is 24.7 Å². The van der Waals surface area contributed by atoms with E-state index in [-0.39, 0.29) is 17.6 Å². The number of rotatable bonds is 3. The maximum Gasteiger partial charge on any atom is 0.163 e. The fourth-order valence-corrected chi connectivity index (χ4v) is 4.26. The number of aryl methyl sites for hydroxylation is 1. The van der Waals surface area contributed by atoms with E-state index in [4.69, 9.17) is 4.74 Å². The van der Waals surface area contributed by atoms with Crippen molar-refractivity contribution in [3.05, 3.63) is 71.9 Å². The average molecular weight is 464 g/mol. The van der Waals surface area contributed by atoms with E-state index < -0.39 is 11.6 Å². The van der Waals surface area contributed by atoms with E-state index in [1.165, 1.54) is 25.0 Å². The molecule has 2 aliphatic rings. The second kappa shape index (κ2) is 9.54. The molecule has 0 radical (unpaired) electrons. The third kappa shape index (κ3) is 4.97. The third-order valence-corrected chi connectivity index (χ3v) is 6.20. The zero-order chi connectivity index (χ0) is 23.7. The lowest BCUT2D eigenvalue weighted by molar-refractivity contribution is 0.0173. The summed E-state index contributed by atoms with van der Waals surface area (Å²) in [6.45, 7) is 4.56. The lowest BCUT2D eigenvalue weighted by atomic mass is 9.95. The molecule has 6 nitrogen and oxygen atoms in total. The lowest BCUT2D eigenvalue weighted by Gasteiger charge is -2.26. The Morgan fingerprint density at radius 3 is 2.59 bits per heavy atom. The molecule has 1 aromatic carbocycles. The van der Waals surface area contributed by atoms with Gasteiger partial charge in [-0.15, -0.1) is 0 Å². The average Bonchev–Trinajstić information content (AvgIpc) is 3.52. The second-order valence-corrected chi connectivity index (χ2v) is 9.00. The molecule has 0 unspecified atom stereocenters. The van der Waals surface area contributed by atoms with Crippen molar-refractivity contribution >= 4 is 11.0 Å². The summed E-state index contributed by atoms with van der Waals surface area (Å²) < 4.78 is 35.4. The Hall–Kier alpha value is -3.26. The topological polar surface area (TPSA) is 65.7 Å². The number of ether oxygens (including phenoxy) is 1. The molecule has 1 aliphatic heterocycles. The fourth-order valence-electron chi connectivity index (χ4n) is 4.26. The zero-order valence-electron chi connectivity index (χ0n) is 19.3. The Kier molecular flexibility index (Phi) is 6.32. The number of halogens is 2. The van der Waals surface area contributed by atoms with Crippen molar-refractivity contribution in [1.29, 1.82) is 0 Å². The molecule has 6 rings (SSSR count). The molecule has 1 saturated carbocycles. The van der Waals surface area contributed by atoms with Crippen LogP contribution >= 0.6 is 0 Å². The number of benzene rings is 1. The summed E-state index contributed by atoms with van der Waals surface area (Å²) in [5.74, 6) is -0.480. The minimum atomic E-state index is -0.642. The van der Waals surface area contributed by atoms with Crippen LogP contribution in [-0.2, 0) is 4.74 Å². The quantitative estimate of drug-likeness (QED) is 0.385. The molecule has 4 aromatic rings. The molecule has 1 aliphatic carbocycles. The van der Waals surface area contributed by atoms with Crippen molar-refractivity contribution < 1.29 is 13.5 Å². The van der Waals surface area contributed by atoms with Crippen molar-refractivity contribution in [3.63, 3.8) is 0 Å². The summed E-state index contributed by atoms with van der Waals surface area (Å²) in [5.41, 5.74) is 2.07. The van der Waals surface area contributed by atoms with Crippen LogP contribution in [0.25, 0.3) is 22.3 Å². The van der Waals surface area contributed by atoms with Crippen LogP contribution in [0.2, 0.25) is 0 Å². The molecule has 2 atom stereocenters. The van der Waals surface area contributed by atoms with E-state index >= 15 is 0 Å². The van der Waals surface area contributed by atoms with Gasteiger partial charge in [-0.05, 0) is 69.9 Å². The summed E-state index contributed by atoms with van der Waals surface area (Å²) in [6.07, 6.45) is 8.25. The van der Waals surface area contributed by atoms with E-state index in [1.807, 2.05) is 49.1 Å². The maximum absolute atomic E-state index is 14.4. The van der Waals surface area contributed by atoms with Gasteiger partial charge in [-0.2, -0.15) is 5.10 Å². The monoisotopic (exact) mass is 463 g/mol. The van der Waals surface area contributed by atoms with Gasteiger partial charge in [0.1, 0.15) is 17.5 Å².